The zero-order valence-corrected chi connectivity index (χ0v) is 10.2. The van der Waals surface area contributed by atoms with Crippen LogP contribution >= 0.6 is 11.3 Å². The van der Waals surface area contributed by atoms with Crippen LogP contribution in [0.5, 0.6) is 0 Å². The summed E-state index contributed by atoms with van der Waals surface area (Å²) in [6, 6.07) is 16.9. The van der Waals surface area contributed by atoms with E-state index in [1.807, 2.05) is 0 Å². The predicted molar refractivity (Wildman–Crippen MR) is 74.3 cm³/mol. The van der Waals surface area contributed by atoms with E-state index in [2.05, 4.69) is 59.3 Å². The van der Waals surface area contributed by atoms with E-state index >= 15 is 0 Å². The summed E-state index contributed by atoms with van der Waals surface area (Å²) >= 11 is 1.69. The molecule has 2 aromatic carbocycles. The van der Waals surface area contributed by atoms with Gasteiger partial charge >= 0.3 is 0 Å². The molecule has 3 aromatic rings. The van der Waals surface area contributed by atoms with Crippen molar-refractivity contribution in [3.63, 3.8) is 0 Å². The Hall–Kier alpha value is -1.64. The first-order valence-corrected chi connectivity index (χ1v) is 6.55. The van der Waals surface area contributed by atoms with Crippen molar-refractivity contribution in [3.8, 4) is 0 Å². The maximum absolute atomic E-state index is 6.26. The van der Waals surface area contributed by atoms with Crippen LogP contribution in [-0.4, -0.2) is 0 Å². The lowest BCUT2D eigenvalue weighted by Crippen LogP contribution is -2.10. The van der Waals surface area contributed by atoms with Gasteiger partial charge in [0.05, 0.1) is 6.04 Å². The molecule has 17 heavy (non-hydrogen) atoms. The summed E-state index contributed by atoms with van der Waals surface area (Å²) in [6.07, 6.45) is 0. The van der Waals surface area contributed by atoms with E-state index in [1.165, 1.54) is 21.9 Å². The minimum atomic E-state index is -0.0224. The molecule has 0 saturated heterocycles. The molecule has 2 heteroatoms. The zero-order chi connectivity index (χ0) is 11.7. The second kappa shape index (κ2) is 4.32. The van der Waals surface area contributed by atoms with Gasteiger partial charge in [0.2, 0.25) is 0 Å². The highest BCUT2D eigenvalue weighted by molar-refractivity contribution is 7.08. The average Bonchev–Trinajstić information content (AvgIpc) is 2.91. The summed E-state index contributed by atoms with van der Waals surface area (Å²) in [7, 11) is 0. The maximum atomic E-state index is 6.26. The van der Waals surface area contributed by atoms with E-state index in [0.29, 0.717) is 0 Å². The lowest BCUT2D eigenvalue weighted by atomic mass is 9.99. The van der Waals surface area contributed by atoms with Gasteiger partial charge in [0.1, 0.15) is 0 Å². The SMILES string of the molecule is NC(c1ccsc1)c1ccc2ccccc2c1. The van der Waals surface area contributed by atoms with Crippen LogP contribution in [0, 0.1) is 0 Å². The van der Waals surface area contributed by atoms with Crippen molar-refractivity contribution in [1.29, 1.82) is 0 Å². The van der Waals surface area contributed by atoms with Crippen LogP contribution in [0.4, 0.5) is 0 Å². The van der Waals surface area contributed by atoms with E-state index in [4.69, 9.17) is 5.73 Å². The van der Waals surface area contributed by atoms with Gasteiger partial charge in [0.25, 0.3) is 0 Å². The number of rotatable bonds is 2. The monoisotopic (exact) mass is 239 g/mol. The fourth-order valence-electron chi connectivity index (χ4n) is 2.05. The molecule has 0 aliphatic carbocycles. The molecule has 0 radical (unpaired) electrons. The number of hydrogen-bond donors (Lipinski definition) is 1. The largest absolute Gasteiger partial charge is 0.320 e. The third-order valence-corrected chi connectivity index (χ3v) is 3.74. The third-order valence-electron chi connectivity index (χ3n) is 3.03. The lowest BCUT2D eigenvalue weighted by Gasteiger charge is -2.11. The van der Waals surface area contributed by atoms with Crippen molar-refractivity contribution in [1.82, 2.24) is 0 Å². The second-order valence-electron chi connectivity index (χ2n) is 4.14. The molecule has 0 aliphatic heterocycles. The van der Waals surface area contributed by atoms with Crippen molar-refractivity contribution < 1.29 is 0 Å². The Balaban J connectivity index is 2.06. The van der Waals surface area contributed by atoms with E-state index in [9.17, 15) is 0 Å². The highest BCUT2D eigenvalue weighted by atomic mass is 32.1. The van der Waals surface area contributed by atoms with Gasteiger partial charge in [-0.1, -0.05) is 36.4 Å². The average molecular weight is 239 g/mol. The molecule has 84 valence electrons. The van der Waals surface area contributed by atoms with Gasteiger partial charge in [-0.25, -0.2) is 0 Å². The van der Waals surface area contributed by atoms with Crippen LogP contribution in [0.3, 0.4) is 0 Å². The molecule has 1 unspecified atom stereocenters. The van der Waals surface area contributed by atoms with E-state index < -0.39 is 0 Å². The Morgan fingerprint density at radius 1 is 0.882 bits per heavy atom. The van der Waals surface area contributed by atoms with Crippen molar-refractivity contribution in [3.05, 3.63) is 70.4 Å². The minimum Gasteiger partial charge on any atom is -0.320 e. The fourth-order valence-corrected chi connectivity index (χ4v) is 2.74. The Labute approximate surface area is 105 Å². The summed E-state index contributed by atoms with van der Waals surface area (Å²) in [5.74, 6) is 0. The molecule has 0 amide bonds. The van der Waals surface area contributed by atoms with Gasteiger partial charge in [-0.15, -0.1) is 0 Å². The summed E-state index contributed by atoms with van der Waals surface area (Å²) in [4.78, 5) is 0. The third kappa shape index (κ3) is 1.97. The molecule has 0 saturated carbocycles. The number of nitrogens with two attached hydrogens (primary N) is 1. The van der Waals surface area contributed by atoms with Gasteiger partial charge in [-0.2, -0.15) is 11.3 Å². The van der Waals surface area contributed by atoms with E-state index in [1.54, 1.807) is 11.3 Å². The van der Waals surface area contributed by atoms with Crippen molar-refractivity contribution in [2.24, 2.45) is 5.73 Å². The van der Waals surface area contributed by atoms with Gasteiger partial charge in [-0.3, -0.25) is 0 Å². The molecule has 0 aliphatic rings. The summed E-state index contributed by atoms with van der Waals surface area (Å²) in [5, 5.41) is 6.68. The quantitative estimate of drug-likeness (QED) is 0.720. The van der Waals surface area contributed by atoms with Crippen LogP contribution in [0.2, 0.25) is 0 Å². The van der Waals surface area contributed by atoms with Gasteiger partial charge in [0.15, 0.2) is 0 Å². The Bertz CT molecular complexity index is 628. The fraction of sp³-hybridized carbons (Fsp3) is 0.0667. The van der Waals surface area contributed by atoms with Gasteiger partial charge in [-0.05, 0) is 44.8 Å². The first kappa shape index (κ1) is 10.5. The standard InChI is InChI=1S/C15H13NS/c16-15(14-7-8-17-10-14)13-6-5-11-3-1-2-4-12(11)9-13/h1-10,15H,16H2. The maximum Gasteiger partial charge on any atom is 0.0560 e. The predicted octanol–water partition coefficient (Wildman–Crippen LogP) is 3.95. The summed E-state index contributed by atoms with van der Waals surface area (Å²) in [6.45, 7) is 0. The molecule has 0 fully saturated rings. The second-order valence-corrected chi connectivity index (χ2v) is 4.92. The Kier molecular flexibility index (Phi) is 2.67. The molecule has 0 bridgehead atoms. The number of thiophene rings is 1. The lowest BCUT2D eigenvalue weighted by molar-refractivity contribution is 0.879. The highest BCUT2D eigenvalue weighted by Crippen LogP contribution is 2.24. The molecule has 1 atom stereocenters. The van der Waals surface area contributed by atoms with Crippen molar-refractivity contribution >= 4 is 22.1 Å². The molecule has 0 spiro atoms. The van der Waals surface area contributed by atoms with Gasteiger partial charge in [0, 0.05) is 0 Å². The molecule has 2 N–H and O–H groups in total. The molecule has 3 rings (SSSR count). The first-order chi connectivity index (χ1) is 8.34. The molecular formula is C15H13NS. The Morgan fingerprint density at radius 2 is 1.71 bits per heavy atom. The van der Waals surface area contributed by atoms with Crippen LogP contribution in [0.25, 0.3) is 10.8 Å². The number of fused-ring (bicyclic) bond motifs is 1. The number of benzene rings is 2. The summed E-state index contributed by atoms with van der Waals surface area (Å²) in [5.41, 5.74) is 8.61. The summed E-state index contributed by atoms with van der Waals surface area (Å²) < 4.78 is 0. The molecular weight excluding hydrogens is 226 g/mol. The van der Waals surface area contributed by atoms with Crippen LogP contribution < -0.4 is 5.73 Å². The van der Waals surface area contributed by atoms with E-state index in [-0.39, 0.29) is 6.04 Å². The van der Waals surface area contributed by atoms with Crippen LogP contribution in [-0.2, 0) is 0 Å². The van der Waals surface area contributed by atoms with Gasteiger partial charge < -0.3 is 5.73 Å². The number of hydrogen-bond acceptors (Lipinski definition) is 2. The Morgan fingerprint density at radius 3 is 2.47 bits per heavy atom. The molecule has 1 heterocycles. The normalized spacial score (nSPS) is 12.8. The van der Waals surface area contributed by atoms with Crippen LogP contribution in [0.15, 0.2) is 59.3 Å². The smallest absolute Gasteiger partial charge is 0.0560 e. The molecule has 1 aromatic heterocycles. The topological polar surface area (TPSA) is 26.0 Å². The minimum absolute atomic E-state index is 0.0224. The first-order valence-electron chi connectivity index (χ1n) is 5.61. The zero-order valence-electron chi connectivity index (χ0n) is 9.34. The molecule has 1 nitrogen and oxygen atoms in total. The van der Waals surface area contributed by atoms with E-state index in [0.717, 1.165) is 0 Å². The highest BCUT2D eigenvalue weighted by Gasteiger charge is 2.09. The van der Waals surface area contributed by atoms with Crippen LogP contribution in [0.1, 0.15) is 17.2 Å². The van der Waals surface area contributed by atoms with Crippen molar-refractivity contribution in [2.45, 2.75) is 6.04 Å². The van der Waals surface area contributed by atoms with Crippen molar-refractivity contribution in [2.75, 3.05) is 0 Å².